The number of benzene rings is 4. The van der Waals surface area contributed by atoms with Gasteiger partial charge in [0.1, 0.15) is 5.75 Å². The Kier molecular flexibility index (Phi) is 3.83. The third-order valence-electron chi connectivity index (χ3n) is 6.70. The van der Waals surface area contributed by atoms with Crippen molar-refractivity contribution in [3.05, 3.63) is 96.1 Å². The van der Waals surface area contributed by atoms with Gasteiger partial charge in [0, 0.05) is 21.9 Å². The maximum Gasteiger partial charge on any atom is 0.504 e. The number of hydrogen-bond donors (Lipinski definition) is 1. The Morgan fingerprint density at radius 2 is 1.48 bits per heavy atom. The van der Waals surface area contributed by atoms with Crippen LogP contribution >= 0.6 is 0 Å². The third kappa shape index (κ3) is 2.52. The molecule has 4 aromatic carbocycles. The molecule has 0 bridgehead atoms. The third-order valence-corrected chi connectivity index (χ3v) is 6.70. The zero-order chi connectivity index (χ0) is 21.2. The summed E-state index contributed by atoms with van der Waals surface area (Å²) in [4.78, 5) is 0. The van der Waals surface area contributed by atoms with Crippen LogP contribution in [-0.4, -0.2) is 17.3 Å². The van der Waals surface area contributed by atoms with E-state index in [1.54, 1.807) is 0 Å². The van der Waals surface area contributed by atoms with E-state index in [1.807, 2.05) is 12.1 Å². The van der Waals surface area contributed by atoms with Gasteiger partial charge in [-0.1, -0.05) is 62.4 Å². The van der Waals surface area contributed by atoms with Gasteiger partial charge in [-0.05, 0) is 58.7 Å². The smallest absolute Gasteiger partial charge is 0.504 e. The lowest BCUT2D eigenvalue weighted by Gasteiger charge is -2.22. The molecule has 0 fully saturated rings. The molecule has 0 atom stereocenters. The molecule has 150 valence electrons. The van der Waals surface area contributed by atoms with Gasteiger partial charge in [-0.3, -0.25) is 0 Å². The van der Waals surface area contributed by atoms with Crippen LogP contribution in [0.1, 0.15) is 25.0 Å². The summed E-state index contributed by atoms with van der Waals surface area (Å²) in [6.45, 7) is 4.62. The van der Waals surface area contributed by atoms with E-state index in [4.69, 9.17) is 4.65 Å². The Morgan fingerprint density at radius 1 is 0.742 bits per heavy atom. The first-order chi connectivity index (χ1) is 15.1. The molecule has 0 radical (unpaired) electrons. The maximum atomic E-state index is 9.17. The number of rotatable bonds is 3. The van der Waals surface area contributed by atoms with Crippen molar-refractivity contribution in [1.29, 1.82) is 0 Å². The van der Waals surface area contributed by atoms with Crippen LogP contribution < -0.4 is 4.65 Å². The van der Waals surface area contributed by atoms with Gasteiger partial charge in [-0.2, -0.15) is 0 Å². The van der Waals surface area contributed by atoms with Crippen LogP contribution in [0.2, 0.25) is 0 Å². The van der Waals surface area contributed by atoms with Gasteiger partial charge in [0.05, 0.1) is 11.0 Å². The van der Waals surface area contributed by atoms with Crippen LogP contribution in [0, 0.1) is 0 Å². The Balaban J connectivity index is 1.63. The van der Waals surface area contributed by atoms with E-state index in [0.717, 1.165) is 22.1 Å². The number of nitrogens with zero attached hydrogens (tertiary/aromatic N) is 1. The Labute approximate surface area is 181 Å². The van der Waals surface area contributed by atoms with Gasteiger partial charge in [0.25, 0.3) is 0 Å². The minimum atomic E-state index is -0.329. The minimum absolute atomic E-state index is 0.0389. The average molecular weight is 403 g/mol. The topological polar surface area (TPSA) is 34.4 Å². The molecule has 1 aliphatic carbocycles. The number of fused-ring (bicyclic) bond motifs is 6. The van der Waals surface area contributed by atoms with Crippen LogP contribution in [0.5, 0.6) is 5.75 Å². The predicted molar refractivity (Wildman–Crippen MR) is 128 cm³/mol. The molecule has 3 nitrogen and oxygen atoms in total. The molecule has 1 aliphatic rings. The lowest BCUT2D eigenvalue weighted by Crippen LogP contribution is -2.15. The van der Waals surface area contributed by atoms with Gasteiger partial charge >= 0.3 is 7.69 Å². The lowest BCUT2D eigenvalue weighted by atomic mass is 9.82. The largest absolute Gasteiger partial charge is 0.539 e. The van der Waals surface area contributed by atoms with Crippen LogP contribution in [-0.2, 0) is 5.41 Å². The second kappa shape index (κ2) is 6.50. The quantitative estimate of drug-likeness (QED) is 0.391. The van der Waals surface area contributed by atoms with Crippen molar-refractivity contribution in [2.75, 3.05) is 0 Å². The molecule has 1 aromatic heterocycles. The minimum Gasteiger partial charge on any atom is -0.539 e. The first-order valence-corrected chi connectivity index (χ1v) is 10.6. The average Bonchev–Trinajstić information content (AvgIpc) is 3.24. The van der Waals surface area contributed by atoms with E-state index in [1.165, 1.54) is 27.6 Å². The van der Waals surface area contributed by atoms with E-state index >= 15 is 0 Å². The fourth-order valence-corrected chi connectivity index (χ4v) is 5.23. The highest BCUT2D eigenvalue weighted by molar-refractivity contribution is 6.17. The monoisotopic (exact) mass is 403 g/mol. The van der Waals surface area contributed by atoms with Crippen molar-refractivity contribution in [2.45, 2.75) is 19.3 Å². The summed E-state index contributed by atoms with van der Waals surface area (Å²) in [7, 11) is -0.329. The van der Waals surface area contributed by atoms with Crippen LogP contribution in [0.3, 0.4) is 0 Å². The normalized spacial score (nSPS) is 13.9. The molecule has 5 aromatic rings. The fraction of sp³-hybridized carbons (Fsp3) is 0.111. The van der Waals surface area contributed by atoms with E-state index < -0.39 is 0 Å². The first-order valence-electron chi connectivity index (χ1n) is 10.6. The van der Waals surface area contributed by atoms with Gasteiger partial charge in [-0.15, -0.1) is 0 Å². The van der Waals surface area contributed by atoms with E-state index in [0.29, 0.717) is 5.75 Å². The number of hydrogen-bond acceptors (Lipinski definition) is 2. The van der Waals surface area contributed by atoms with Crippen LogP contribution in [0.15, 0.2) is 84.9 Å². The van der Waals surface area contributed by atoms with E-state index in [-0.39, 0.29) is 13.1 Å². The van der Waals surface area contributed by atoms with Crippen molar-refractivity contribution in [2.24, 2.45) is 0 Å². The Hall–Kier alpha value is -3.50. The molecule has 4 heteroatoms. The molecule has 0 spiro atoms. The van der Waals surface area contributed by atoms with Gasteiger partial charge in [0.2, 0.25) is 0 Å². The van der Waals surface area contributed by atoms with Crippen molar-refractivity contribution in [3.8, 4) is 22.6 Å². The number of para-hydroxylation sites is 1. The molecule has 0 saturated heterocycles. The molecular weight excluding hydrogens is 381 g/mol. The lowest BCUT2D eigenvalue weighted by molar-refractivity contribution is 0.454. The zero-order valence-electron chi connectivity index (χ0n) is 17.6. The highest BCUT2D eigenvalue weighted by Gasteiger charge is 2.35. The second-order valence-electron chi connectivity index (χ2n) is 8.71. The summed E-state index contributed by atoms with van der Waals surface area (Å²) in [5.74, 6) is 0.670. The molecule has 31 heavy (non-hydrogen) atoms. The predicted octanol–water partition coefficient (Wildman–Crippen LogP) is 5.73. The molecule has 0 unspecified atom stereocenters. The second-order valence-corrected chi connectivity index (χ2v) is 8.71. The Bertz CT molecular complexity index is 1480. The molecule has 6 rings (SSSR count). The standard InChI is InChI=1S/C27H22BNO2/c1-27(2)23-9-5-3-7-19(23)20-13-11-17(15-24(20)27)29-25-10-6-4-8-21(25)22-16-18(31-28-30)12-14-26(22)29/h3-16,28,30H,1-2H3. The highest BCUT2D eigenvalue weighted by atomic mass is 16.5. The van der Waals surface area contributed by atoms with E-state index in [2.05, 4.69) is 91.2 Å². The Morgan fingerprint density at radius 3 is 2.35 bits per heavy atom. The van der Waals surface area contributed by atoms with Gasteiger partial charge in [0.15, 0.2) is 0 Å². The molecule has 0 saturated carbocycles. The van der Waals surface area contributed by atoms with Crippen molar-refractivity contribution >= 4 is 29.5 Å². The van der Waals surface area contributed by atoms with Gasteiger partial charge < -0.3 is 14.2 Å². The summed E-state index contributed by atoms with van der Waals surface area (Å²) >= 11 is 0. The highest BCUT2D eigenvalue weighted by Crippen LogP contribution is 2.49. The van der Waals surface area contributed by atoms with Gasteiger partial charge in [-0.25, -0.2) is 0 Å². The molecule has 0 amide bonds. The maximum absolute atomic E-state index is 9.17. The van der Waals surface area contributed by atoms with Crippen molar-refractivity contribution < 1.29 is 9.68 Å². The zero-order valence-corrected chi connectivity index (χ0v) is 17.6. The van der Waals surface area contributed by atoms with Crippen LogP contribution in [0.4, 0.5) is 0 Å². The summed E-state index contributed by atoms with van der Waals surface area (Å²) in [6.07, 6.45) is 0. The molecular formula is C27H22BNO2. The van der Waals surface area contributed by atoms with Crippen molar-refractivity contribution in [1.82, 2.24) is 4.57 Å². The SMILES string of the molecule is CC1(C)c2ccccc2-c2ccc(-n3c4ccccc4c4cc(OBO)ccc43)cc21. The number of aromatic nitrogens is 1. The molecule has 0 aliphatic heterocycles. The summed E-state index contributed by atoms with van der Waals surface area (Å²) < 4.78 is 7.67. The van der Waals surface area contributed by atoms with Crippen molar-refractivity contribution in [3.63, 3.8) is 0 Å². The van der Waals surface area contributed by atoms with Crippen LogP contribution in [0.25, 0.3) is 38.6 Å². The summed E-state index contributed by atoms with van der Waals surface area (Å²) in [5.41, 5.74) is 8.80. The summed E-state index contributed by atoms with van der Waals surface area (Å²) in [5, 5.41) is 11.5. The van der Waals surface area contributed by atoms with E-state index in [9.17, 15) is 5.02 Å². The summed E-state index contributed by atoms with van der Waals surface area (Å²) in [6, 6.07) is 30.0. The first kappa shape index (κ1) is 18.3. The molecule has 1 heterocycles. The fourth-order valence-electron chi connectivity index (χ4n) is 5.23. The molecule has 1 N–H and O–H groups in total.